The van der Waals surface area contributed by atoms with Crippen LogP contribution in [0.1, 0.15) is 23.5 Å². The van der Waals surface area contributed by atoms with Gasteiger partial charge in [-0.2, -0.15) is 5.26 Å². The number of nitriles is 1. The summed E-state index contributed by atoms with van der Waals surface area (Å²) in [6.07, 6.45) is 0.610. The summed E-state index contributed by atoms with van der Waals surface area (Å²) in [5, 5.41) is 12.7. The van der Waals surface area contributed by atoms with Gasteiger partial charge in [-0.3, -0.25) is 15.6 Å². The van der Waals surface area contributed by atoms with E-state index in [1.165, 1.54) is 19.2 Å². The third kappa shape index (κ3) is 3.75. The fourth-order valence-electron chi connectivity index (χ4n) is 3.87. The van der Waals surface area contributed by atoms with E-state index in [1.54, 1.807) is 17.0 Å². The molecule has 4 rings (SSSR count). The zero-order valence-corrected chi connectivity index (χ0v) is 16.0. The Morgan fingerprint density at radius 1 is 1.24 bits per heavy atom. The second-order valence-electron chi connectivity index (χ2n) is 7.17. The van der Waals surface area contributed by atoms with Crippen molar-refractivity contribution in [1.82, 2.24) is 10.9 Å². The maximum Gasteiger partial charge on any atom is 0.249 e. The van der Waals surface area contributed by atoms with E-state index < -0.39 is 11.9 Å². The molecular formula is C21H22FN5O2. The summed E-state index contributed by atoms with van der Waals surface area (Å²) >= 11 is 0. The molecule has 1 unspecified atom stereocenters. The number of hydrazine groups is 1. The first-order chi connectivity index (χ1) is 14.1. The number of rotatable bonds is 5. The SMILES string of the molecule is COc1cc(NC2CCN(c3ccc(C4CNNC4)c(C#N)c3)C2=O)ccc1F. The van der Waals surface area contributed by atoms with Crippen molar-refractivity contribution < 1.29 is 13.9 Å². The number of benzene rings is 2. The van der Waals surface area contributed by atoms with Crippen LogP contribution in [0.4, 0.5) is 15.8 Å². The van der Waals surface area contributed by atoms with E-state index in [0.717, 1.165) is 24.3 Å². The fraction of sp³-hybridized carbons (Fsp3) is 0.333. The van der Waals surface area contributed by atoms with Crippen LogP contribution < -0.4 is 25.8 Å². The van der Waals surface area contributed by atoms with Gasteiger partial charge in [-0.1, -0.05) is 6.07 Å². The zero-order chi connectivity index (χ0) is 20.4. The van der Waals surface area contributed by atoms with E-state index in [4.69, 9.17) is 4.74 Å². The van der Waals surface area contributed by atoms with E-state index in [2.05, 4.69) is 22.2 Å². The predicted molar refractivity (Wildman–Crippen MR) is 107 cm³/mol. The number of anilines is 2. The van der Waals surface area contributed by atoms with Gasteiger partial charge in [0, 0.05) is 43.0 Å². The highest BCUT2D eigenvalue weighted by Crippen LogP contribution is 2.30. The molecule has 2 aliphatic heterocycles. The van der Waals surface area contributed by atoms with E-state index in [-0.39, 0.29) is 17.6 Å². The lowest BCUT2D eigenvalue weighted by Crippen LogP contribution is -2.33. The number of ether oxygens (including phenoxy) is 1. The molecule has 150 valence electrons. The van der Waals surface area contributed by atoms with Crippen molar-refractivity contribution in [3.63, 3.8) is 0 Å². The van der Waals surface area contributed by atoms with Gasteiger partial charge in [0.05, 0.1) is 18.7 Å². The van der Waals surface area contributed by atoms with Crippen molar-refractivity contribution in [2.75, 3.05) is 37.0 Å². The second kappa shape index (κ2) is 8.07. The molecule has 3 N–H and O–H groups in total. The molecule has 1 amide bonds. The third-order valence-electron chi connectivity index (χ3n) is 5.43. The lowest BCUT2D eigenvalue weighted by Gasteiger charge is -2.20. The first kappa shape index (κ1) is 19.2. The van der Waals surface area contributed by atoms with Crippen LogP contribution in [0.5, 0.6) is 5.75 Å². The van der Waals surface area contributed by atoms with Gasteiger partial charge in [0.1, 0.15) is 6.04 Å². The van der Waals surface area contributed by atoms with Crippen molar-refractivity contribution >= 4 is 17.3 Å². The van der Waals surface area contributed by atoms with Crippen LogP contribution in [-0.2, 0) is 4.79 Å². The van der Waals surface area contributed by atoms with E-state index in [0.29, 0.717) is 24.2 Å². The topological polar surface area (TPSA) is 89.4 Å². The largest absolute Gasteiger partial charge is 0.494 e. The molecule has 0 aromatic heterocycles. The lowest BCUT2D eigenvalue weighted by atomic mass is 9.95. The van der Waals surface area contributed by atoms with Crippen LogP contribution in [0.2, 0.25) is 0 Å². The first-order valence-corrected chi connectivity index (χ1v) is 9.52. The van der Waals surface area contributed by atoms with Crippen LogP contribution >= 0.6 is 0 Å². The highest BCUT2D eigenvalue weighted by Gasteiger charge is 2.33. The lowest BCUT2D eigenvalue weighted by molar-refractivity contribution is -0.117. The number of amides is 1. The normalized spacial score (nSPS) is 19.4. The minimum Gasteiger partial charge on any atom is -0.494 e. The molecule has 8 heteroatoms. The average Bonchev–Trinajstić information content (AvgIpc) is 3.39. The van der Waals surface area contributed by atoms with Gasteiger partial charge in [0.2, 0.25) is 5.91 Å². The summed E-state index contributed by atoms with van der Waals surface area (Å²) in [7, 11) is 1.40. The Labute approximate surface area is 168 Å². The van der Waals surface area contributed by atoms with Gasteiger partial charge < -0.3 is 15.0 Å². The second-order valence-corrected chi connectivity index (χ2v) is 7.17. The highest BCUT2D eigenvalue weighted by molar-refractivity contribution is 6.01. The molecule has 0 saturated carbocycles. The number of nitrogens with zero attached hydrogens (tertiary/aromatic N) is 2. The van der Waals surface area contributed by atoms with Crippen LogP contribution in [-0.4, -0.2) is 38.7 Å². The standard InChI is InChI=1S/C21H22FN5O2/c1-29-20-9-15(2-5-18(20)22)26-19-6-7-27(21(19)28)16-3-4-17(13(8-16)10-23)14-11-24-25-12-14/h2-5,8-9,14,19,24-26H,6-7,11-12H2,1H3. The molecular weight excluding hydrogens is 373 g/mol. The van der Waals surface area contributed by atoms with Crippen LogP contribution in [0.3, 0.4) is 0 Å². The van der Waals surface area contributed by atoms with Gasteiger partial charge in [0.15, 0.2) is 11.6 Å². The number of carbonyl (C=O) groups excluding carboxylic acids is 1. The maximum absolute atomic E-state index is 13.6. The molecule has 0 aliphatic carbocycles. The Morgan fingerprint density at radius 2 is 2.03 bits per heavy atom. The molecule has 29 heavy (non-hydrogen) atoms. The average molecular weight is 395 g/mol. The zero-order valence-electron chi connectivity index (χ0n) is 16.0. The third-order valence-corrected chi connectivity index (χ3v) is 5.43. The van der Waals surface area contributed by atoms with E-state index >= 15 is 0 Å². The van der Waals surface area contributed by atoms with Gasteiger partial charge >= 0.3 is 0 Å². The Morgan fingerprint density at radius 3 is 2.76 bits per heavy atom. The van der Waals surface area contributed by atoms with Crippen molar-refractivity contribution in [2.24, 2.45) is 0 Å². The quantitative estimate of drug-likeness (QED) is 0.719. The predicted octanol–water partition coefficient (Wildman–Crippen LogP) is 2.11. The molecule has 0 radical (unpaired) electrons. The molecule has 2 saturated heterocycles. The number of carbonyl (C=O) groups is 1. The minimum absolute atomic E-state index is 0.0749. The summed E-state index contributed by atoms with van der Waals surface area (Å²) in [4.78, 5) is 14.6. The van der Waals surface area contributed by atoms with Crippen molar-refractivity contribution in [1.29, 1.82) is 5.26 Å². The molecule has 2 aromatic rings. The smallest absolute Gasteiger partial charge is 0.249 e. The first-order valence-electron chi connectivity index (χ1n) is 9.52. The fourth-order valence-corrected chi connectivity index (χ4v) is 3.87. The summed E-state index contributed by atoms with van der Waals surface area (Å²) in [6.45, 7) is 2.08. The summed E-state index contributed by atoms with van der Waals surface area (Å²) in [6, 6.07) is 11.9. The molecule has 2 aromatic carbocycles. The number of hydrogen-bond donors (Lipinski definition) is 3. The van der Waals surface area contributed by atoms with Crippen molar-refractivity contribution in [2.45, 2.75) is 18.4 Å². The number of hydrogen-bond acceptors (Lipinski definition) is 6. The molecule has 0 bridgehead atoms. The molecule has 0 spiro atoms. The molecule has 2 aliphatic rings. The Kier molecular flexibility index (Phi) is 5.34. The van der Waals surface area contributed by atoms with Crippen LogP contribution in [0.25, 0.3) is 0 Å². The molecule has 2 fully saturated rings. The van der Waals surface area contributed by atoms with Crippen LogP contribution in [0.15, 0.2) is 36.4 Å². The Hall–Kier alpha value is -3.15. The number of nitrogens with one attached hydrogen (secondary N) is 3. The van der Waals surface area contributed by atoms with Gasteiger partial charge in [0.25, 0.3) is 0 Å². The summed E-state index contributed by atoms with van der Waals surface area (Å²) in [5.74, 6) is -0.165. The van der Waals surface area contributed by atoms with Crippen LogP contribution in [0, 0.1) is 17.1 Å². The van der Waals surface area contributed by atoms with Gasteiger partial charge in [-0.05, 0) is 36.2 Å². The molecule has 7 nitrogen and oxygen atoms in total. The minimum atomic E-state index is -0.450. The number of methoxy groups -OCH3 is 1. The highest BCUT2D eigenvalue weighted by atomic mass is 19.1. The van der Waals surface area contributed by atoms with E-state index in [1.807, 2.05) is 12.1 Å². The van der Waals surface area contributed by atoms with Crippen molar-refractivity contribution in [3.05, 3.63) is 53.3 Å². The Bertz CT molecular complexity index is 968. The molecule has 1 atom stereocenters. The maximum atomic E-state index is 13.6. The Balaban J connectivity index is 1.51. The summed E-state index contributed by atoms with van der Waals surface area (Å²) < 4.78 is 18.6. The van der Waals surface area contributed by atoms with Gasteiger partial charge in [-0.25, -0.2) is 4.39 Å². The van der Waals surface area contributed by atoms with Gasteiger partial charge in [-0.15, -0.1) is 0 Å². The number of halogens is 1. The molecule has 2 heterocycles. The monoisotopic (exact) mass is 395 g/mol. The summed E-state index contributed by atoms with van der Waals surface area (Å²) in [5.41, 5.74) is 9.06. The van der Waals surface area contributed by atoms with E-state index in [9.17, 15) is 14.4 Å². The van der Waals surface area contributed by atoms with Crippen molar-refractivity contribution in [3.8, 4) is 11.8 Å².